The van der Waals surface area contributed by atoms with Gasteiger partial charge in [-0.3, -0.25) is 0 Å². The van der Waals surface area contributed by atoms with Crippen molar-refractivity contribution >= 4 is 5.97 Å². The van der Waals surface area contributed by atoms with Gasteiger partial charge in [0.1, 0.15) is 5.69 Å². The van der Waals surface area contributed by atoms with E-state index < -0.39 is 0 Å². The SMILES string of the molecule is COC(=O)c1n[nH]nc1C1CCCC12CC2. The van der Waals surface area contributed by atoms with Crippen molar-refractivity contribution < 1.29 is 9.53 Å². The molecule has 1 unspecified atom stereocenters. The van der Waals surface area contributed by atoms with Gasteiger partial charge in [-0.15, -0.1) is 5.10 Å². The lowest BCUT2D eigenvalue weighted by Crippen LogP contribution is -2.13. The predicted molar refractivity (Wildman–Crippen MR) is 56.0 cm³/mol. The van der Waals surface area contributed by atoms with Gasteiger partial charge >= 0.3 is 5.97 Å². The van der Waals surface area contributed by atoms with Crippen LogP contribution in [0.5, 0.6) is 0 Å². The Kier molecular flexibility index (Phi) is 2.02. The van der Waals surface area contributed by atoms with E-state index in [4.69, 9.17) is 4.74 Å². The van der Waals surface area contributed by atoms with Gasteiger partial charge in [0.15, 0.2) is 5.69 Å². The largest absolute Gasteiger partial charge is 0.464 e. The summed E-state index contributed by atoms with van der Waals surface area (Å²) in [5.41, 5.74) is 1.63. The Bertz CT molecular complexity index is 423. The van der Waals surface area contributed by atoms with Gasteiger partial charge in [0.2, 0.25) is 0 Å². The maximum atomic E-state index is 11.5. The highest BCUT2D eigenvalue weighted by molar-refractivity contribution is 5.88. The van der Waals surface area contributed by atoms with Gasteiger partial charge in [0.25, 0.3) is 0 Å². The summed E-state index contributed by atoms with van der Waals surface area (Å²) in [6.45, 7) is 0. The molecule has 0 saturated heterocycles. The van der Waals surface area contributed by atoms with Gasteiger partial charge in [0, 0.05) is 5.92 Å². The van der Waals surface area contributed by atoms with E-state index in [9.17, 15) is 4.79 Å². The molecule has 2 fully saturated rings. The van der Waals surface area contributed by atoms with E-state index in [1.165, 1.54) is 32.8 Å². The number of carbonyl (C=O) groups is 1. The van der Waals surface area contributed by atoms with Crippen molar-refractivity contribution in [2.75, 3.05) is 7.11 Å². The van der Waals surface area contributed by atoms with Gasteiger partial charge in [-0.1, -0.05) is 6.42 Å². The van der Waals surface area contributed by atoms with E-state index in [0.717, 1.165) is 12.1 Å². The smallest absolute Gasteiger partial charge is 0.360 e. The van der Waals surface area contributed by atoms with Crippen molar-refractivity contribution in [1.29, 1.82) is 0 Å². The molecular weight excluding hydrogens is 206 g/mol. The van der Waals surface area contributed by atoms with E-state index in [0.29, 0.717) is 17.0 Å². The van der Waals surface area contributed by atoms with Crippen LogP contribution >= 0.6 is 0 Å². The van der Waals surface area contributed by atoms with Crippen molar-refractivity contribution in [1.82, 2.24) is 15.4 Å². The molecule has 16 heavy (non-hydrogen) atoms. The number of hydrogen-bond acceptors (Lipinski definition) is 4. The number of hydrogen-bond donors (Lipinski definition) is 1. The molecule has 0 aromatic carbocycles. The minimum absolute atomic E-state index is 0.376. The maximum Gasteiger partial charge on any atom is 0.360 e. The molecule has 2 saturated carbocycles. The molecule has 2 aliphatic carbocycles. The number of esters is 1. The zero-order valence-corrected chi connectivity index (χ0v) is 9.32. The van der Waals surface area contributed by atoms with E-state index in [-0.39, 0.29) is 5.97 Å². The van der Waals surface area contributed by atoms with Crippen molar-refractivity contribution in [3.05, 3.63) is 11.4 Å². The van der Waals surface area contributed by atoms with Crippen LogP contribution in [-0.4, -0.2) is 28.5 Å². The number of H-pyrrole nitrogens is 1. The second-order valence-electron chi connectivity index (χ2n) is 4.86. The maximum absolute atomic E-state index is 11.5. The van der Waals surface area contributed by atoms with Crippen molar-refractivity contribution in [3.63, 3.8) is 0 Å². The summed E-state index contributed by atoms with van der Waals surface area (Å²) in [5, 5.41) is 10.6. The van der Waals surface area contributed by atoms with Gasteiger partial charge in [-0.2, -0.15) is 10.3 Å². The number of nitrogens with one attached hydrogen (secondary N) is 1. The molecule has 0 amide bonds. The molecule has 0 radical (unpaired) electrons. The van der Waals surface area contributed by atoms with Crippen LogP contribution in [0.25, 0.3) is 0 Å². The minimum Gasteiger partial charge on any atom is -0.464 e. The number of ether oxygens (including phenoxy) is 1. The Hall–Kier alpha value is -1.39. The summed E-state index contributed by atoms with van der Waals surface area (Å²) < 4.78 is 4.72. The molecule has 1 aromatic rings. The molecular formula is C11H15N3O2. The monoisotopic (exact) mass is 221 g/mol. The van der Waals surface area contributed by atoms with Crippen molar-refractivity contribution in [2.24, 2.45) is 5.41 Å². The molecule has 5 heteroatoms. The van der Waals surface area contributed by atoms with Crippen LogP contribution in [0.3, 0.4) is 0 Å². The average molecular weight is 221 g/mol. The minimum atomic E-state index is -0.383. The lowest BCUT2D eigenvalue weighted by Gasteiger charge is -2.15. The van der Waals surface area contributed by atoms with E-state index in [1.807, 2.05) is 0 Å². The van der Waals surface area contributed by atoms with E-state index in [2.05, 4.69) is 15.4 Å². The number of methoxy groups -OCH3 is 1. The molecule has 1 N–H and O–H groups in total. The summed E-state index contributed by atoms with van der Waals surface area (Å²) >= 11 is 0. The molecule has 1 heterocycles. The summed E-state index contributed by atoms with van der Waals surface area (Å²) in [6.07, 6.45) is 6.16. The second kappa shape index (κ2) is 3.30. The van der Waals surface area contributed by atoms with Crippen molar-refractivity contribution in [3.8, 4) is 0 Å². The van der Waals surface area contributed by atoms with Crippen molar-refractivity contribution in [2.45, 2.75) is 38.0 Å². The summed E-state index contributed by atoms with van der Waals surface area (Å²) in [6, 6.07) is 0. The second-order valence-corrected chi connectivity index (χ2v) is 4.86. The van der Waals surface area contributed by atoms with Crippen LogP contribution in [0.15, 0.2) is 0 Å². The fourth-order valence-corrected chi connectivity index (χ4v) is 3.05. The Morgan fingerprint density at radius 1 is 1.44 bits per heavy atom. The van der Waals surface area contributed by atoms with Crippen LogP contribution in [-0.2, 0) is 4.74 Å². The number of nitrogens with zero attached hydrogens (tertiary/aromatic N) is 2. The van der Waals surface area contributed by atoms with Gasteiger partial charge in [-0.05, 0) is 31.1 Å². The first-order chi connectivity index (χ1) is 7.77. The lowest BCUT2D eigenvalue weighted by molar-refractivity contribution is 0.0591. The van der Waals surface area contributed by atoms with E-state index in [1.54, 1.807) is 0 Å². The quantitative estimate of drug-likeness (QED) is 0.771. The zero-order chi connectivity index (χ0) is 11.2. The molecule has 5 nitrogen and oxygen atoms in total. The van der Waals surface area contributed by atoms with Gasteiger partial charge < -0.3 is 4.74 Å². The van der Waals surface area contributed by atoms with Crippen LogP contribution < -0.4 is 0 Å². The summed E-state index contributed by atoms with van der Waals surface area (Å²) in [5.74, 6) is 0.0202. The summed E-state index contributed by atoms with van der Waals surface area (Å²) in [4.78, 5) is 11.5. The molecule has 86 valence electrons. The van der Waals surface area contributed by atoms with E-state index >= 15 is 0 Å². The third kappa shape index (κ3) is 1.27. The van der Waals surface area contributed by atoms with Gasteiger partial charge in [0.05, 0.1) is 7.11 Å². The topological polar surface area (TPSA) is 67.9 Å². The predicted octanol–water partition coefficient (Wildman–Crippen LogP) is 1.64. The molecule has 2 aliphatic rings. The molecule has 0 bridgehead atoms. The Labute approximate surface area is 93.6 Å². The van der Waals surface area contributed by atoms with Gasteiger partial charge in [-0.25, -0.2) is 4.79 Å². The standard InChI is InChI=1S/C11H15N3O2/c1-16-10(15)9-8(12-14-13-9)7-3-2-4-11(7)5-6-11/h7H,2-6H2,1H3,(H,12,13,14). The summed E-state index contributed by atoms with van der Waals surface area (Å²) in [7, 11) is 1.38. The first kappa shape index (κ1) is 9.81. The van der Waals surface area contributed by atoms with Crippen LogP contribution in [0.4, 0.5) is 0 Å². The highest BCUT2D eigenvalue weighted by Gasteiger charge is 2.54. The van der Waals surface area contributed by atoms with Crippen LogP contribution in [0.2, 0.25) is 0 Å². The lowest BCUT2D eigenvalue weighted by atomic mass is 9.89. The zero-order valence-electron chi connectivity index (χ0n) is 9.32. The first-order valence-corrected chi connectivity index (χ1v) is 5.76. The molecule has 0 aliphatic heterocycles. The Morgan fingerprint density at radius 3 is 2.94 bits per heavy atom. The number of carbonyl (C=O) groups excluding carboxylic acids is 1. The number of rotatable bonds is 2. The number of aromatic amines is 1. The first-order valence-electron chi connectivity index (χ1n) is 5.76. The third-order valence-electron chi connectivity index (χ3n) is 4.08. The average Bonchev–Trinajstić information content (AvgIpc) is 2.75. The highest BCUT2D eigenvalue weighted by atomic mass is 16.5. The van der Waals surface area contributed by atoms with Crippen LogP contribution in [0, 0.1) is 5.41 Å². The molecule has 1 aromatic heterocycles. The number of aromatic nitrogens is 3. The van der Waals surface area contributed by atoms with Crippen LogP contribution in [0.1, 0.15) is 54.2 Å². The molecule has 1 atom stereocenters. The fourth-order valence-electron chi connectivity index (χ4n) is 3.05. The molecule has 1 spiro atoms. The Morgan fingerprint density at radius 2 is 2.25 bits per heavy atom. The normalized spacial score (nSPS) is 25.9. The third-order valence-corrected chi connectivity index (χ3v) is 4.08. The Balaban J connectivity index is 1.94. The fraction of sp³-hybridized carbons (Fsp3) is 0.727. The molecule has 3 rings (SSSR count). The highest BCUT2D eigenvalue weighted by Crippen LogP contribution is 2.64.